The second kappa shape index (κ2) is 7.20. The number of nitrogens with zero attached hydrogens (tertiary/aromatic N) is 3. The minimum Gasteiger partial charge on any atom is -0.466 e. The molecule has 1 amide bonds. The fourth-order valence-electron chi connectivity index (χ4n) is 3.50. The van der Waals surface area contributed by atoms with E-state index in [1.54, 1.807) is 17.3 Å². The number of pyridine rings is 2. The molecule has 0 aliphatic carbocycles. The van der Waals surface area contributed by atoms with Crippen LogP contribution in [0.25, 0.3) is 22.4 Å². The minimum absolute atomic E-state index is 0.0617. The molecule has 0 radical (unpaired) electrons. The first-order valence-corrected chi connectivity index (χ1v) is 9.33. The molecule has 5 heteroatoms. The number of rotatable bonds is 3. The van der Waals surface area contributed by atoms with Crippen molar-refractivity contribution in [3.8, 4) is 28.3 Å². The lowest BCUT2D eigenvalue weighted by molar-refractivity contribution is -0.120. The summed E-state index contributed by atoms with van der Waals surface area (Å²) in [5, 5.41) is 0. The third-order valence-electron chi connectivity index (χ3n) is 4.83. The van der Waals surface area contributed by atoms with Crippen molar-refractivity contribution < 1.29 is 9.53 Å². The molecule has 5 rings (SSSR count). The van der Waals surface area contributed by atoms with Crippen LogP contribution < -0.4 is 9.64 Å². The summed E-state index contributed by atoms with van der Waals surface area (Å²) in [7, 11) is 0. The number of carbonyl (C=O) groups excluding carboxylic acids is 1. The molecule has 0 saturated heterocycles. The summed E-state index contributed by atoms with van der Waals surface area (Å²) in [6, 6.07) is 25.7. The zero-order valence-corrected chi connectivity index (χ0v) is 15.5. The van der Waals surface area contributed by atoms with Gasteiger partial charge in [0.25, 0.3) is 5.91 Å². The van der Waals surface area contributed by atoms with E-state index in [4.69, 9.17) is 9.72 Å². The van der Waals surface area contributed by atoms with E-state index in [0.29, 0.717) is 17.3 Å². The van der Waals surface area contributed by atoms with Crippen LogP contribution in [0.3, 0.4) is 0 Å². The fourth-order valence-corrected chi connectivity index (χ4v) is 3.50. The molecule has 0 fully saturated rings. The van der Waals surface area contributed by atoms with Crippen LogP contribution in [0.1, 0.15) is 0 Å². The maximum absolute atomic E-state index is 12.7. The van der Waals surface area contributed by atoms with Gasteiger partial charge in [0.05, 0.1) is 17.6 Å². The van der Waals surface area contributed by atoms with Crippen molar-refractivity contribution in [1.29, 1.82) is 0 Å². The van der Waals surface area contributed by atoms with E-state index in [9.17, 15) is 4.79 Å². The molecule has 2 aromatic carbocycles. The van der Waals surface area contributed by atoms with Crippen LogP contribution in [0.4, 0.5) is 11.4 Å². The van der Waals surface area contributed by atoms with Crippen molar-refractivity contribution in [1.82, 2.24) is 9.97 Å². The van der Waals surface area contributed by atoms with E-state index < -0.39 is 0 Å². The highest BCUT2D eigenvalue weighted by atomic mass is 16.5. The number of amides is 1. The van der Waals surface area contributed by atoms with Gasteiger partial charge in [-0.15, -0.1) is 0 Å². The van der Waals surface area contributed by atoms with Crippen LogP contribution in [0, 0.1) is 0 Å². The van der Waals surface area contributed by atoms with Crippen molar-refractivity contribution in [2.75, 3.05) is 11.5 Å². The number of fused-ring (bicyclic) bond motifs is 1. The van der Waals surface area contributed by atoms with Gasteiger partial charge in [-0.1, -0.05) is 60.7 Å². The summed E-state index contributed by atoms with van der Waals surface area (Å²) in [5.74, 6) is 0.283. The normalized spacial score (nSPS) is 13.0. The molecule has 1 aliphatic heterocycles. The first-order valence-electron chi connectivity index (χ1n) is 9.33. The molecule has 0 N–H and O–H groups in total. The molecule has 0 saturated carbocycles. The van der Waals surface area contributed by atoms with E-state index in [1.165, 1.54) is 0 Å². The third-order valence-corrected chi connectivity index (χ3v) is 4.83. The topological polar surface area (TPSA) is 55.3 Å². The van der Waals surface area contributed by atoms with Crippen LogP contribution in [0.15, 0.2) is 91.3 Å². The predicted molar refractivity (Wildman–Crippen MR) is 112 cm³/mol. The van der Waals surface area contributed by atoms with Crippen LogP contribution >= 0.6 is 0 Å². The number of ether oxygens (including phenoxy) is 1. The van der Waals surface area contributed by atoms with E-state index in [1.807, 2.05) is 78.9 Å². The maximum Gasteiger partial charge on any atom is 0.269 e. The quantitative estimate of drug-likeness (QED) is 0.510. The zero-order chi connectivity index (χ0) is 19.6. The van der Waals surface area contributed by atoms with Crippen molar-refractivity contribution in [2.24, 2.45) is 0 Å². The molecule has 2 aromatic heterocycles. The lowest BCUT2D eigenvalue weighted by Gasteiger charge is -2.29. The molecule has 0 bridgehead atoms. The lowest BCUT2D eigenvalue weighted by atomic mass is 9.98. The first kappa shape index (κ1) is 17.1. The molecular weight excluding hydrogens is 362 g/mol. The van der Waals surface area contributed by atoms with Crippen LogP contribution in [-0.4, -0.2) is 22.5 Å². The number of aromatic nitrogens is 2. The Morgan fingerprint density at radius 1 is 0.862 bits per heavy atom. The van der Waals surface area contributed by atoms with Gasteiger partial charge in [0, 0.05) is 17.3 Å². The van der Waals surface area contributed by atoms with Crippen molar-refractivity contribution in [3.63, 3.8) is 0 Å². The van der Waals surface area contributed by atoms with Gasteiger partial charge < -0.3 is 4.74 Å². The Hall–Kier alpha value is -3.99. The average molecular weight is 379 g/mol. The zero-order valence-electron chi connectivity index (χ0n) is 15.5. The second-order valence-corrected chi connectivity index (χ2v) is 6.67. The van der Waals surface area contributed by atoms with Gasteiger partial charge in [0.2, 0.25) is 5.88 Å². The Bertz CT molecular complexity index is 1160. The van der Waals surface area contributed by atoms with Crippen molar-refractivity contribution in [2.45, 2.75) is 0 Å². The second-order valence-electron chi connectivity index (χ2n) is 6.67. The summed E-state index contributed by atoms with van der Waals surface area (Å²) >= 11 is 0. The first-order chi connectivity index (χ1) is 14.3. The van der Waals surface area contributed by atoms with Crippen LogP contribution in [-0.2, 0) is 4.79 Å². The number of benzene rings is 2. The maximum atomic E-state index is 12.7. The van der Waals surface area contributed by atoms with Gasteiger partial charge in [-0.2, -0.15) is 0 Å². The Kier molecular flexibility index (Phi) is 4.26. The monoisotopic (exact) mass is 379 g/mol. The summed E-state index contributed by atoms with van der Waals surface area (Å²) < 4.78 is 5.72. The Morgan fingerprint density at radius 3 is 2.28 bits per heavy atom. The molecule has 140 valence electrons. The largest absolute Gasteiger partial charge is 0.466 e. The number of anilines is 2. The molecule has 3 heterocycles. The summed E-state index contributed by atoms with van der Waals surface area (Å²) in [4.78, 5) is 23.3. The van der Waals surface area contributed by atoms with Crippen LogP contribution in [0.5, 0.6) is 5.88 Å². The van der Waals surface area contributed by atoms with Gasteiger partial charge in [-0.3, -0.25) is 14.7 Å². The molecule has 1 aliphatic rings. The summed E-state index contributed by atoms with van der Waals surface area (Å²) in [6.07, 6.45) is 3.35. The van der Waals surface area contributed by atoms with Crippen molar-refractivity contribution >= 4 is 17.3 Å². The van der Waals surface area contributed by atoms with Gasteiger partial charge in [-0.05, 0) is 23.8 Å². The van der Waals surface area contributed by atoms with Gasteiger partial charge in [0.1, 0.15) is 5.69 Å². The van der Waals surface area contributed by atoms with Crippen LogP contribution in [0.2, 0.25) is 0 Å². The number of hydrogen-bond donors (Lipinski definition) is 0. The molecule has 29 heavy (non-hydrogen) atoms. The molecular formula is C24H17N3O2. The predicted octanol–water partition coefficient (Wildman–Crippen LogP) is 4.87. The Labute approximate surface area is 168 Å². The fraction of sp³-hybridized carbons (Fsp3) is 0.0417. The summed E-state index contributed by atoms with van der Waals surface area (Å²) in [6.45, 7) is -0.0617. The third kappa shape index (κ3) is 3.12. The van der Waals surface area contributed by atoms with E-state index >= 15 is 0 Å². The highest BCUT2D eigenvalue weighted by molar-refractivity contribution is 6.05. The summed E-state index contributed by atoms with van der Waals surface area (Å²) in [5.41, 5.74) is 5.07. The Morgan fingerprint density at radius 2 is 1.59 bits per heavy atom. The van der Waals surface area contributed by atoms with E-state index in [0.717, 1.165) is 22.4 Å². The number of hydrogen-bond acceptors (Lipinski definition) is 4. The standard InChI is InChI=1S/C24H17N3O2/c28-22-16-29-24-21(27(22)19-12-7-13-25-15-19)14-20(17-8-3-1-4-9-17)23(26-24)18-10-5-2-6-11-18/h1-15H,16H2. The SMILES string of the molecule is O=C1COc2nc(-c3ccccc3)c(-c3ccccc3)cc2N1c1cccnc1. The van der Waals surface area contributed by atoms with Gasteiger partial charge >= 0.3 is 0 Å². The molecule has 4 aromatic rings. The molecule has 5 nitrogen and oxygen atoms in total. The molecule has 0 unspecified atom stereocenters. The lowest BCUT2D eigenvalue weighted by Crippen LogP contribution is -2.35. The Balaban J connectivity index is 1.76. The smallest absolute Gasteiger partial charge is 0.269 e. The highest BCUT2D eigenvalue weighted by Gasteiger charge is 2.30. The highest BCUT2D eigenvalue weighted by Crippen LogP contribution is 2.42. The molecule has 0 spiro atoms. The minimum atomic E-state index is -0.154. The van der Waals surface area contributed by atoms with Crippen molar-refractivity contribution in [3.05, 3.63) is 91.3 Å². The average Bonchev–Trinajstić information content (AvgIpc) is 2.80. The van der Waals surface area contributed by atoms with Gasteiger partial charge in [-0.25, -0.2) is 4.98 Å². The van der Waals surface area contributed by atoms with E-state index in [-0.39, 0.29) is 12.5 Å². The number of carbonyl (C=O) groups is 1. The van der Waals surface area contributed by atoms with Gasteiger partial charge in [0.15, 0.2) is 6.61 Å². The molecule has 0 atom stereocenters. The van der Waals surface area contributed by atoms with E-state index in [2.05, 4.69) is 4.98 Å².